The van der Waals surface area contributed by atoms with E-state index >= 15 is 0 Å². The normalized spacial score (nSPS) is 14.6. The molecule has 1 fully saturated rings. The van der Waals surface area contributed by atoms with Gasteiger partial charge in [0.2, 0.25) is 5.91 Å². The van der Waals surface area contributed by atoms with Gasteiger partial charge in [-0.15, -0.1) is 0 Å². The van der Waals surface area contributed by atoms with Crippen molar-refractivity contribution in [3.63, 3.8) is 0 Å². The van der Waals surface area contributed by atoms with Crippen molar-refractivity contribution in [1.82, 2.24) is 19.4 Å². The molecule has 0 bridgehead atoms. The summed E-state index contributed by atoms with van der Waals surface area (Å²) in [6.45, 7) is 4.39. The molecular weight excluding hydrogens is 424 g/mol. The van der Waals surface area contributed by atoms with E-state index in [2.05, 4.69) is 22.0 Å². The Balaban J connectivity index is 1.27. The number of hydrogen-bond donors (Lipinski definition) is 1. The molecule has 7 nitrogen and oxygen atoms in total. The van der Waals surface area contributed by atoms with Crippen LogP contribution in [0.4, 0.5) is 0 Å². The van der Waals surface area contributed by atoms with Crippen LogP contribution in [0.2, 0.25) is 0 Å². The highest BCUT2D eigenvalue weighted by Gasteiger charge is 2.21. The molecule has 1 saturated heterocycles. The second-order valence-electron chi connectivity index (χ2n) is 8.00. The average molecular weight is 453 g/mol. The maximum atomic E-state index is 12.7. The van der Waals surface area contributed by atoms with Crippen LogP contribution in [0, 0.1) is 4.77 Å². The predicted molar refractivity (Wildman–Crippen MR) is 128 cm³/mol. The summed E-state index contributed by atoms with van der Waals surface area (Å²) >= 11 is 5.34. The van der Waals surface area contributed by atoms with Crippen LogP contribution in [0.3, 0.4) is 0 Å². The fraction of sp³-hybridized carbons (Fsp3) is 0.375. The van der Waals surface area contributed by atoms with E-state index in [1.807, 2.05) is 35.2 Å². The lowest BCUT2D eigenvalue weighted by Gasteiger charge is -2.34. The Labute approximate surface area is 192 Å². The van der Waals surface area contributed by atoms with Gasteiger partial charge in [-0.2, -0.15) is 0 Å². The number of rotatable bonds is 7. The van der Waals surface area contributed by atoms with Crippen molar-refractivity contribution in [2.45, 2.75) is 19.4 Å². The SMILES string of the molecule is COc1ccc(CCN2CCN(C(=O)CCn3c(=S)[nH]c4ccccc4c3=O)CC2)cc1. The van der Waals surface area contributed by atoms with Gasteiger partial charge in [0.05, 0.1) is 18.0 Å². The Bertz CT molecular complexity index is 1190. The first kappa shape index (κ1) is 22.2. The van der Waals surface area contributed by atoms with Gasteiger partial charge in [0.15, 0.2) is 4.77 Å². The van der Waals surface area contributed by atoms with Gasteiger partial charge in [-0.3, -0.25) is 19.1 Å². The Morgan fingerprint density at radius 3 is 2.47 bits per heavy atom. The summed E-state index contributed by atoms with van der Waals surface area (Å²) in [5, 5.41) is 0.582. The lowest BCUT2D eigenvalue weighted by atomic mass is 10.1. The fourth-order valence-electron chi connectivity index (χ4n) is 4.07. The molecule has 2 aromatic carbocycles. The van der Waals surface area contributed by atoms with Gasteiger partial charge in [0, 0.05) is 45.7 Å². The Kier molecular flexibility index (Phi) is 7.02. The lowest BCUT2D eigenvalue weighted by Crippen LogP contribution is -2.49. The van der Waals surface area contributed by atoms with Crippen molar-refractivity contribution in [1.29, 1.82) is 0 Å². The first-order chi connectivity index (χ1) is 15.5. The number of carbonyl (C=O) groups is 1. The number of nitrogens with one attached hydrogen (secondary N) is 1. The number of carbonyl (C=O) groups excluding carboxylic acids is 1. The molecule has 1 aliphatic heterocycles. The molecule has 0 unspecified atom stereocenters. The van der Waals surface area contributed by atoms with E-state index in [9.17, 15) is 9.59 Å². The smallest absolute Gasteiger partial charge is 0.262 e. The van der Waals surface area contributed by atoms with Crippen molar-refractivity contribution in [2.75, 3.05) is 39.8 Å². The Morgan fingerprint density at radius 2 is 1.75 bits per heavy atom. The highest BCUT2D eigenvalue weighted by Crippen LogP contribution is 2.13. The van der Waals surface area contributed by atoms with E-state index in [0.717, 1.165) is 37.3 Å². The van der Waals surface area contributed by atoms with Crippen molar-refractivity contribution in [3.8, 4) is 5.75 Å². The third-order valence-corrected chi connectivity index (χ3v) is 6.36. The third kappa shape index (κ3) is 5.08. The van der Waals surface area contributed by atoms with Crippen LogP contribution in [0.15, 0.2) is 53.3 Å². The molecule has 2 heterocycles. The maximum Gasteiger partial charge on any atom is 0.262 e. The molecule has 32 heavy (non-hydrogen) atoms. The standard InChI is InChI=1S/C24H28N4O3S/c1-31-19-8-6-18(7-9-19)10-12-26-14-16-27(17-15-26)22(29)11-13-28-23(30)20-4-2-3-5-21(20)25-24(28)32/h2-9H,10-17H2,1H3,(H,25,32). The van der Waals surface area contributed by atoms with Crippen LogP contribution in [-0.2, 0) is 17.8 Å². The number of aromatic nitrogens is 2. The van der Waals surface area contributed by atoms with E-state index in [4.69, 9.17) is 17.0 Å². The highest BCUT2D eigenvalue weighted by molar-refractivity contribution is 7.71. The lowest BCUT2D eigenvalue weighted by molar-refractivity contribution is -0.133. The number of amides is 1. The number of fused-ring (bicyclic) bond motifs is 1. The van der Waals surface area contributed by atoms with E-state index in [1.54, 1.807) is 13.2 Å². The second kappa shape index (κ2) is 10.1. The van der Waals surface area contributed by atoms with Crippen molar-refractivity contribution >= 4 is 29.0 Å². The van der Waals surface area contributed by atoms with Crippen LogP contribution < -0.4 is 10.3 Å². The molecule has 168 valence electrons. The third-order valence-electron chi connectivity index (χ3n) is 6.04. The minimum absolute atomic E-state index is 0.0641. The van der Waals surface area contributed by atoms with Gasteiger partial charge in [-0.25, -0.2) is 0 Å². The molecule has 1 N–H and O–H groups in total. The van der Waals surface area contributed by atoms with Gasteiger partial charge < -0.3 is 14.6 Å². The molecule has 3 aromatic rings. The molecule has 1 amide bonds. The largest absolute Gasteiger partial charge is 0.497 e. The van der Waals surface area contributed by atoms with Crippen LogP contribution >= 0.6 is 12.2 Å². The zero-order chi connectivity index (χ0) is 22.5. The number of para-hydroxylation sites is 1. The first-order valence-electron chi connectivity index (χ1n) is 10.9. The average Bonchev–Trinajstić information content (AvgIpc) is 2.83. The number of nitrogens with zero attached hydrogens (tertiary/aromatic N) is 3. The van der Waals surface area contributed by atoms with Gasteiger partial charge in [-0.1, -0.05) is 24.3 Å². The second-order valence-corrected chi connectivity index (χ2v) is 8.39. The summed E-state index contributed by atoms with van der Waals surface area (Å²) in [6, 6.07) is 15.4. The number of H-pyrrole nitrogens is 1. The van der Waals surface area contributed by atoms with Gasteiger partial charge in [0.1, 0.15) is 5.75 Å². The van der Waals surface area contributed by atoms with E-state index in [0.29, 0.717) is 23.2 Å². The number of ether oxygens (including phenoxy) is 1. The quantitative estimate of drug-likeness (QED) is 0.558. The molecule has 1 aromatic heterocycles. The molecular formula is C24H28N4O3S. The minimum Gasteiger partial charge on any atom is -0.497 e. The zero-order valence-corrected chi connectivity index (χ0v) is 19.1. The summed E-state index contributed by atoms with van der Waals surface area (Å²) in [5.41, 5.74) is 1.85. The summed E-state index contributed by atoms with van der Waals surface area (Å²) in [5.74, 6) is 0.933. The van der Waals surface area contributed by atoms with Gasteiger partial charge in [0.25, 0.3) is 5.56 Å². The number of piperazine rings is 1. The molecule has 0 radical (unpaired) electrons. The summed E-state index contributed by atoms with van der Waals surface area (Å²) in [6.07, 6.45) is 1.24. The fourth-order valence-corrected chi connectivity index (χ4v) is 4.35. The molecule has 1 aliphatic rings. The van der Waals surface area contributed by atoms with E-state index in [1.165, 1.54) is 10.1 Å². The number of methoxy groups -OCH3 is 1. The zero-order valence-electron chi connectivity index (χ0n) is 18.3. The van der Waals surface area contributed by atoms with Crippen molar-refractivity contribution in [2.24, 2.45) is 0 Å². The predicted octanol–water partition coefficient (Wildman–Crippen LogP) is 2.84. The van der Waals surface area contributed by atoms with Gasteiger partial charge in [-0.05, 0) is 48.5 Å². The molecule has 0 atom stereocenters. The van der Waals surface area contributed by atoms with E-state index in [-0.39, 0.29) is 24.4 Å². The summed E-state index contributed by atoms with van der Waals surface area (Å²) in [4.78, 5) is 32.8. The van der Waals surface area contributed by atoms with E-state index < -0.39 is 0 Å². The Morgan fingerprint density at radius 1 is 1.03 bits per heavy atom. The molecule has 4 rings (SSSR count). The van der Waals surface area contributed by atoms with Crippen LogP contribution in [0.5, 0.6) is 5.75 Å². The molecule has 0 aliphatic carbocycles. The van der Waals surface area contributed by atoms with Crippen LogP contribution in [0.25, 0.3) is 10.9 Å². The first-order valence-corrected chi connectivity index (χ1v) is 11.3. The van der Waals surface area contributed by atoms with Crippen LogP contribution in [0.1, 0.15) is 12.0 Å². The topological polar surface area (TPSA) is 70.6 Å². The molecule has 8 heteroatoms. The minimum atomic E-state index is -0.152. The maximum absolute atomic E-state index is 12.7. The monoisotopic (exact) mass is 452 g/mol. The molecule has 0 saturated carbocycles. The number of benzene rings is 2. The Hall–Kier alpha value is -2.97. The van der Waals surface area contributed by atoms with Crippen molar-refractivity contribution in [3.05, 3.63) is 69.2 Å². The summed E-state index contributed by atoms with van der Waals surface area (Å²) < 4.78 is 7.04. The number of hydrogen-bond acceptors (Lipinski definition) is 5. The number of aromatic amines is 1. The highest BCUT2D eigenvalue weighted by atomic mass is 32.1. The van der Waals surface area contributed by atoms with Gasteiger partial charge >= 0.3 is 0 Å². The van der Waals surface area contributed by atoms with Crippen molar-refractivity contribution < 1.29 is 9.53 Å². The van der Waals surface area contributed by atoms with Crippen LogP contribution in [-0.4, -0.2) is 65.1 Å². The summed E-state index contributed by atoms with van der Waals surface area (Å²) in [7, 11) is 1.67. The molecule has 0 spiro atoms.